The number of sulfone groups is 1. The summed E-state index contributed by atoms with van der Waals surface area (Å²) in [7, 11) is -3.07. The zero-order valence-corrected chi connectivity index (χ0v) is 16.4. The van der Waals surface area contributed by atoms with Gasteiger partial charge in [-0.1, -0.05) is 6.92 Å². The lowest BCUT2D eigenvalue weighted by molar-refractivity contribution is 0.0701. The molecule has 8 heteroatoms. The second-order valence-corrected chi connectivity index (χ2v) is 9.72. The van der Waals surface area contributed by atoms with Crippen molar-refractivity contribution in [2.24, 2.45) is 0 Å². The van der Waals surface area contributed by atoms with Gasteiger partial charge in [0.05, 0.1) is 17.2 Å². The molecule has 1 fully saturated rings. The molecule has 1 amide bonds. The molecule has 1 saturated heterocycles. The number of carbonyl (C=O) groups excluding carboxylic acids is 1. The Morgan fingerprint density at radius 3 is 2.62 bits per heavy atom. The van der Waals surface area contributed by atoms with Crippen molar-refractivity contribution in [1.82, 2.24) is 9.88 Å². The van der Waals surface area contributed by atoms with Gasteiger partial charge in [-0.2, -0.15) is 0 Å². The maximum Gasteiger partial charge on any atom is 0.266 e. The van der Waals surface area contributed by atoms with Gasteiger partial charge in [0.2, 0.25) is 0 Å². The normalized spacial score (nSPS) is 18.8. The Labute approximate surface area is 156 Å². The first-order valence-electron chi connectivity index (χ1n) is 8.55. The summed E-state index contributed by atoms with van der Waals surface area (Å²) in [6.45, 7) is 4.25. The van der Waals surface area contributed by atoms with Crippen LogP contribution >= 0.6 is 11.3 Å². The highest BCUT2D eigenvalue weighted by Gasteiger charge is 2.35. The Hall–Kier alpha value is -1.80. The monoisotopic (exact) mass is 396 g/mol. The molecule has 3 rings (SSSR count). The van der Waals surface area contributed by atoms with Gasteiger partial charge in [0.15, 0.2) is 9.84 Å². The summed E-state index contributed by atoms with van der Waals surface area (Å²) in [6.07, 6.45) is 1.24. The van der Waals surface area contributed by atoms with Crippen LogP contribution in [0.25, 0.3) is 10.6 Å². The summed E-state index contributed by atoms with van der Waals surface area (Å²) in [5, 5.41) is 0.654. The van der Waals surface area contributed by atoms with E-state index in [9.17, 15) is 17.6 Å². The molecule has 2 aromatic rings. The molecule has 2 heterocycles. The highest BCUT2D eigenvalue weighted by atomic mass is 32.2. The Kier molecular flexibility index (Phi) is 5.43. The van der Waals surface area contributed by atoms with Gasteiger partial charge in [-0.25, -0.2) is 17.8 Å². The van der Waals surface area contributed by atoms with E-state index in [0.717, 1.165) is 12.0 Å². The Bertz CT molecular complexity index is 907. The summed E-state index contributed by atoms with van der Waals surface area (Å²) in [5.74, 6) is -0.332. The molecule has 0 N–H and O–H groups in total. The van der Waals surface area contributed by atoms with E-state index in [2.05, 4.69) is 4.98 Å². The zero-order valence-electron chi connectivity index (χ0n) is 14.7. The van der Waals surface area contributed by atoms with Crippen molar-refractivity contribution in [3.8, 4) is 10.6 Å². The SMILES string of the molecule is CCCN(C(=O)c1sc(-c2ccc(F)cc2)nc1C)C1CCS(=O)(=O)C1. The van der Waals surface area contributed by atoms with Crippen molar-refractivity contribution in [2.45, 2.75) is 32.7 Å². The number of amides is 1. The van der Waals surface area contributed by atoms with Crippen molar-refractivity contribution >= 4 is 27.1 Å². The fourth-order valence-electron chi connectivity index (χ4n) is 3.15. The molecule has 1 aromatic carbocycles. The van der Waals surface area contributed by atoms with E-state index >= 15 is 0 Å². The maximum absolute atomic E-state index is 13.1. The lowest BCUT2D eigenvalue weighted by atomic mass is 10.2. The summed E-state index contributed by atoms with van der Waals surface area (Å²) >= 11 is 1.27. The highest BCUT2D eigenvalue weighted by molar-refractivity contribution is 7.91. The minimum Gasteiger partial charge on any atom is -0.334 e. The fraction of sp³-hybridized carbons (Fsp3) is 0.444. The van der Waals surface area contributed by atoms with Crippen LogP contribution in [0.3, 0.4) is 0 Å². The van der Waals surface area contributed by atoms with Crippen LogP contribution < -0.4 is 0 Å². The third-order valence-electron chi connectivity index (χ3n) is 4.46. The largest absolute Gasteiger partial charge is 0.334 e. The van der Waals surface area contributed by atoms with Gasteiger partial charge in [-0.15, -0.1) is 11.3 Å². The van der Waals surface area contributed by atoms with Gasteiger partial charge in [0.25, 0.3) is 5.91 Å². The van der Waals surface area contributed by atoms with E-state index in [-0.39, 0.29) is 29.3 Å². The quantitative estimate of drug-likeness (QED) is 0.778. The van der Waals surface area contributed by atoms with E-state index in [1.54, 1.807) is 24.0 Å². The van der Waals surface area contributed by atoms with Crippen LogP contribution in [0.5, 0.6) is 0 Å². The van der Waals surface area contributed by atoms with Gasteiger partial charge in [-0.05, 0) is 44.0 Å². The third kappa shape index (κ3) is 3.96. The van der Waals surface area contributed by atoms with Gasteiger partial charge >= 0.3 is 0 Å². The van der Waals surface area contributed by atoms with Gasteiger partial charge in [-0.3, -0.25) is 4.79 Å². The van der Waals surface area contributed by atoms with Crippen molar-refractivity contribution < 1.29 is 17.6 Å². The molecule has 1 unspecified atom stereocenters. The minimum atomic E-state index is -3.07. The molecule has 1 atom stereocenters. The molecule has 0 radical (unpaired) electrons. The molecule has 1 aliphatic heterocycles. The fourth-order valence-corrected chi connectivity index (χ4v) is 5.91. The number of hydrogen-bond donors (Lipinski definition) is 0. The molecule has 0 saturated carbocycles. The Balaban J connectivity index is 1.89. The Morgan fingerprint density at radius 2 is 2.04 bits per heavy atom. The zero-order chi connectivity index (χ0) is 18.9. The molecule has 0 spiro atoms. The number of rotatable bonds is 5. The number of halogens is 1. The van der Waals surface area contributed by atoms with Crippen LogP contribution in [-0.2, 0) is 9.84 Å². The molecule has 1 aromatic heterocycles. The predicted octanol–water partition coefficient (Wildman–Crippen LogP) is 3.30. The first-order valence-corrected chi connectivity index (χ1v) is 11.2. The van der Waals surface area contributed by atoms with Gasteiger partial charge in [0, 0.05) is 18.2 Å². The topological polar surface area (TPSA) is 67.3 Å². The van der Waals surface area contributed by atoms with Crippen LogP contribution in [0.15, 0.2) is 24.3 Å². The molecular weight excluding hydrogens is 375 g/mol. The summed E-state index contributed by atoms with van der Waals surface area (Å²) in [5.41, 5.74) is 1.37. The first-order chi connectivity index (χ1) is 12.3. The van der Waals surface area contributed by atoms with Crippen LogP contribution in [0.2, 0.25) is 0 Å². The lowest BCUT2D eigenvalue weighted by Crippen LogP contribution is -2.41. The predicted molar refractivity (Wildman–Crippen MR) is 101 cm³/mol. The van der Waals surface area contributed by atoms with Crippen LogP contribution in [0.1, 0.15) is 35.1 Å². The number of nitrogens with zero attached hydrogens (tertiary/aromatic N) is 2. The number of hydrogen-bond acceptors (Lipinski definition) is 5. The number of benzene rings is 1. The van der Waals surface area contributed by atoms with E-state index < -0.39 is 9.84 Å². The van der Waals surface area contributed by atoms with Crippen LogP contribution in [-0.4, -0.2) is 48.3 Å². The smallest absolute Gasteiger partial charge is 0.266 e. The van der Waals surface area contributed by atoms with Crippen molar-refractivity contribution in [1.29, 1.82) is 0 Å². The van der Waals surface area contributed by atoms with Crippen molar-refractivity contribution in [3.05, 3.63) is 40.7 Å². The summed E-state index contributed by atoms with van der Waals surface area (Å²) in [4.78, 5) is 19.7. The van der Waals surface area contributed by atoms with E-state index in [1.165, 1.54) is 23.5 Å². The van der Waals surface area contributed by atoms with Gasteiger partial charge < -0.3 is 4.90 Å². The van der Waals surface area contributed by atoms with E-state index in [1.807, 2.05) is 6.92 Å². The maximum atomic E-state index is 13.1. The van der Waals surface area contributed by atoms with Crippen LogP contribution in [0, 0.1) is 12.7 Å². The average molecular weight is 397 g/mol. The highest BCUT2D eigenvalue weighted by Crippen LogP contribution is 2.30. The first kappa shape index (κ1) is 19.0. The minimum absolute atomic E-state index is 0.0292. The van der Waals surface area contributed by atoms with Crippen molar-refractivity contribution in [2.75, 3.05) is 18.1 Å². The summed E-state index contributed by atoms with van der Waals surface area (Å²) in [6, 6.07) is 5.72. The average Bonchev–Trinajstić information content (AvgIpc) is 3.15. The second kappa shape index (κ2) is 7.44. The third-order valence-corrected chi connectivity index (χ3v) is 7.40. The van der Waals surface area contributed by atoms with Crippen molar-refractivity contribution in [3.63, 3.8) is 0 Å². The number of carbonyl (C=O) groups is 1. The molecule has 5 nitrogen and oxygen atoms in total. The molecule has 26 heavy (non-hydrogen) atoms. The molecular formula is C18H21FN2O3S2. The van der Waals surface area contributed by atoms with E-state index in [4.69, 9.17) is 0 Å². The number of aryl methyl sites for hydroxylation is 1. The molecule has 0 bridgehead atoms. The van der Waals surface area contributed by atoms with Crippen LogP contribution in [0.4, 0.5) is 4.39 Å². The second-order valence-electron chi connectivity index (χ2n) is 6.50. The number of aromatic nitrogens is 1. The lowest BCUT2D eigenvalue weighted by Gasteiger charge is -2.27. The summed E-state index contributed by atoms with van der Waals surface area (Å²) < 4.78 is 36.7. The molecule has 140 valence electrons. The number of thiazole rings is 1. The van der Waals surface area contributed by atoms with E-state index in [0.29, 0.717) is 28.5 Å². The molecule has 0 aliphatic carbocycles. The van der Waals surface area contributed by atoms with Gasteiger partial charge in [0.1, 0.15) is 15.7 Å². The standard InChI is InChI=1S/C18H21FN2O3S2/c1-3-9-21(15-8-10-26(23,24)11-15)18(22)16-12(2)20-17(25-16)13-4-6-14(19)7-5-13/h4-7,15H,3,8-11H2,1-2H3. The molecule has 1 aliphatic rings. The Morgan fingerprint density at radius 1 is 1.35 bits per heavy atom.